The second-order valence-electron chi connectivity index (χ2n) is 5.49. The molecule has 1 atom stereocenters. The van der Waals surface area contributed by atoms with Crippen molar-refractivity contribution < 1.29 is 0 Å². The van der Waals surface area contributed by atoms with Crippen LogP contribution in [-0.4, -0.2) is 54.7 Å². The van der Waals surface area contributed by atoms with Gasteiger partial charge in [0.15, 0.2) is 5.11 Å². The van der Waals surface area contributed by atoms with E-state index in [0.717, 1.165) is 31.2 Å². The van der Waals surface area contributed by atoms with Crippen LogP contribution in [0.3, 0.4) is 0 Å². The summed E-state index contributed by atoms with van der Waals surface area (Å²) in [4.78, 5) is 4.64. The molecule has 0 bridgehead atoms. The van der Waals surface area contributed by atoms with Crippen LogP contribution in [0.2, 0.25) is 0 Å². The molecule has 1 fully saturated rings. The van der Waals surface area contributed by atoms with Crippen LogP contribution >= 0.6 is 12.2 Å². The van der Waals surface area contributed by atoms with Gasteiger partial charge in [0, 0.05) is 19.1 Å². The van der Waals surface area contributed by atoms with Gasteiger partial charge in [-0.25, -0.2) is 0 Å². The van der Waals surface area contributed by atoms with Crippen LogP contribution in [0.1, 0.15) is 45.4 Å². The van der Waals surface area contributed by atoms with Gasteiger partial charge in [0.2, 0.25) is 0 Å². The van der Waals surface area contributed by atoms with Crippen molar-refractivity contribution in [3.05, 3.63) is 0 Å². The van der Waals surface area contributed by atoms with Gasteiger partial charge in [-0.1, -0.05) is 19.8 Å². The number of nitrogens with one attached hydrogen (secondary N) is 1. The highest BCUT2D eigenvalue weighted by Gasteiger charge is 2.21. The first-order valence-corrected chi connectivity index (χ1v) is 7.75. The standard InChI is InChI=1S/C14H29N3S/c1-4-13-9-6-5-7-12-17(13)14(18)15-10-8-11-16(2)3/h13H,4-12H2,1-3H3,(H,15,18). The average Bonchev–Trinajstić information content (AvgIpc) is 2.59. The molecule has 3 nitrogen and oxygen atoms in total. The van der Waals surface area contributed by atoms with Gasteiger partial charge in [-0.15, -0.1) is 0 Å². The van der Waals surface area contributed by atoms with E-state index in [4.69, 9.17) is 12.2 Å². The van der Waals surface area contributed by atoms with Crippen LogP contribution in [0.5, 0.6) is 0 Å². The molecule has 1 N–H and O–H groups in total. The fourth-order valence-corrected chi connectivity index (χ4v) is 2.90. The molecule has 0 aromatic rings. The third kappa shape index (κ3) is 5.53. The number of rotatable bonds is 5. The summed E-state index contributed by atoms with van der Waals surface area (Å²) < 4.78 is 0. The van der Waals surface area contributed by atoms with Crippen molar-refractivity contribution in [2.45, 2.75) is 51.5 Å². The first-order chi connectivity index (χ1) is 8.65. The lowest BCUT2D eigenvalue weighted by Crippen LogP contribution is -2.46. The molecule has 106 valence electrons. The Kier molecular flexibility index (Phi) is 7.59. The molecule has 1 rings (SSSR count). The molecule has 18 heavy (non-hydrogen) atoms. The largest absolute Gasteiger partial charge is 0.363 e. The maximum absolute atomic E-state index is 5.56. The second-order valence-corrected chi connectivity index (χ2v) is 5.88. The van der Waals surface area contributed by atoms with Crippen molar-refractivity contribution in [1.29, 1.82) is 0 Å². The molecule has 1 unspecified atom stereocenters. The molecular weight excluding hydrogens is 242 g/mol. The molecule has 0 saturated carbocycles. The summed E-state index contributed by atoms with van der Waals surface area (Å²) in [7, 11) is 4.22. The highest BCUT2D eigenvalue weighted by molar-refractivity contribution is 7.80. The van der Waals surface area contributed by atoms with Crippen molar-refractivity contribution >= 4 is 17.3 Å². The Morgan fingerprint density at radius 2 is 2.11 bits per heavy atom. The Labute approximate surface area is 118 Å². The molecule has 0 spiro atoms. The third-order valence-electron chi connectivity index (χ3n) is 3.67. The lowest BCUT2D eigenvalue weighted by Gasteiger charge is -2.32. The monoisotopic (exact) mass is 271 g/mol. The van der Waals surface area contributed by atoms with E-state index in [9.17, 15) is 0 Å². The number of thiocarbonyl (C=S) groups is 1. The van der Waals surface area contributed by atoms with E-state index in [1.165, 1.54) is 32.1 Å². The number of nitrogens with zero attached hydrogens (tertiary/aromatic N) is 2. The molecule has 0 radical (unpaired) electrons. The average molecular weight is 271 g/mol. The van der Waals surface area contributed by atoms with Gasteiger partial charge in [-0.3, -0.25) is 0 Å². The predicted octanol–water partition coefficient (Wildman–Crippen LogP) is 2.47. The number of hydrogen-bond acceptors (Lipinski definition) is 2. The molecule has 1 aliphatic rings. The molecule has 0 aromatic carbocycles. The SMILES string of the molecule is CCC1CCCCCN1C(=S)NCCCN(C)C. The molecule has 0 aliphatic carbocycles. The highest BCUT2D eigenvalue weighted by Crippen LogP contribution is 2.19. The molecule has 1 aliphatic heterocycles. The molecule has 1 saturated heterocycles. The van der Waals surface area contributed by atoms with E-state index >= 15 is 0 Å². The summed E-state index contributed by atoms with van der Waals surface area (Å²) in [5, 5.41) is 4.41. The van der Waals surface area contributed by atoms with Crippen LogP contribution in [0.15, 0.2) is 0 Å². The van der Waals surface area contributed by atoms with Gasteiger partial charge in [0.25, 0.3) is 0 Å². The van der Waals surface area contributed by atoms with Crippen molar-refractivity contribution in [3.63, 3.8) is 0 Å². The molecule has 0 aromatic heterocycles. The molecular formula is C14H29N3S. The molecule has 0 amide bonds. The predicted molar refractivity (Wildman–Crippen MR) is 83.0 cm³/mol. The number of likely N-dealkylation sites (tertiary alicyclic amines) is 1. The maximum atomic E-state index is 5.56. The molecule has 1 heterocycles. The number of hydrogen-bond donors (Lipinski definition) is 1. The highest BCUT2D eigenvalue weighted by atomic mass is 32.1. The van der Waals surface area contributed by atoms with Crippen LogP contribution in [0.4, 0.5) is 0 Å². The van der Waals surface area contributed by atoms with E-state index in [1.807, 2.05) is 0 Å². The Bertz CT molecular complexity index is 243. The Hall–Kier alpha value is -0.350. The van der Waals surface area contributed by atoms with E-state index < -0.39 is 0 Å². The summed E-state index contributed by atoms with van der Waals surface area (Å²) in [6, 6.07) is 0.654. The minimum absolute atomic E-state index is 0.654. The Balaban J connectivity index is 2.33. The van der Waals surface area contributed by atoms with Crippen molar-refractivity contribution in [2.75, 3.05) is 33.7 Å². The zero-order valence-electron chi connectivity index (χ0n) is 12.2. The first kappa shape index (κ1) is 15.7. The van der Waals surface area contributed by atoms with E-state index in [-0.39, 0.29) is 0 Å². The first-order valence-electron chi connectivity index (χ1n) is 7.34. The zero-order chi connectivity index (χ0) is 13.4. The Morgan fingerprint density at radius 1 is 1.33 bits per heavy atom. The summed E-state index contributed by atoms with van der Waals surface area (Å²) in [5.41, 5.74) is 0. The zero-order valence-corrected chi connectivity index (χ0v) is 13.1. The minimum Gasteiger partial charge on any atom is -0.363 e. The quantitative estimate of drug-likeness (QED) is 0.611. The smallest absolute Gasteiger partial charge is 0.169 e. The van der Waals surface area contributed by atoms with E-state index in [1.54, 1.807) is 0 Å². The summed E-state index contributed by atoms with van der Waals surface area (Å²) in [6.45, 7) is 5.52. The van der Waals surface area contributed by atoms with Crippen molar-refractivity contribution in [2.24, 2.45) is 0 Å². The van der Waals surface area contributed by atoms with Gasteiger partial charge >= 0.3 is 0 Å². The lowest BCUT2D eigenvalue weighted by molar-refractivity contribution is 0.302. The van der Waals surface area contributed by atoms with Crippen LogP contribution in [0, 0.1) is 0 Å². The van der Waals surface area contributed by atoms with Gasteiger partial charge in [0.1, 0.15) is 0 Å². The lowest BCUT2D eigenvalue weighted by atomic mass is 10.1. The van der Waals surface area contributed by atoms with Crippen LogP contribution in [0.25, 0.3) is 0 Å². The van der Waals surface area contributed by atoms with Gasteiger partial charge in [-0.05, 0) is 58.5 Å². The van der Waals surface area contributed by atoms with E-state index in [0.29, 0.717) is 6.04 Å². The van der Waals surface area contributed by atoms with Crippen LogP contribution in [-0.2, 0) is 0 Å². The maximum Gasteiger partial charge on any atom is 0.169 e. The summed E-state index contributed by atoms with van der Waals surface area (Å²) in [6.07, 6.45) is 7.66. The Morgan fingerprint density at radius 3 is 2.78 bits per heavy atom. The summed E-state index contributed by atoms with van der Waals surface area (Å²) in [5.74, 6) is 0. The van der Waals surface area contributed by atoms with Crippen molar-refractivity contribution in [1.82, 2.24) is 15.1 Å². The fraction of sp³-hybridized carbons (Fsp3) is 0.929. The van der Waals surface area contributed by atoms with Crippen LogP contribution < -0.4 is 5.32 Å². The van der Waals surface area contributed by atoms with Gasteiger partial charge in [0.05, 0.1) is 0 Å². The normalized spacial score (nSPS) is 20.9. The fourth-order valence-electron chi connectivity index (χ4n) is 2.56. The topological polar surface area (TPSA) is 18.5 Å². The minimum atomic E-state index is 0.654. The van der Waals surface area contributed by atoms with E-state index in [2.05, 4.69) is 36.1 Å². The summed E-state index contributed by atoms with van der Waals surface area (Å²) >= 11 is 5.56. The van der Waals surface area contributed by atoms with Gasteiger partial charge in [-0.2, -0.15) is 0 Å². The molecule has 4 heteroatoms. The van der Waals surface area contributed by atoms with Crippen molar-refractivity contribution in [3.8, 4) is 0 Å². The van der Waals surface area contributed by atoms with Gasteiger partial charge < -0.3 is 15.1 Å². The third-order valence-corrected chi connectivity index (χ3v) is 4.05. The second kappa shape index (κ2) is 8.70.